The van der Waals surface area contributed by atoms with Gasteiger partial charge in [-0.2, -0.15) is 0 Å². The lowest BCUT2D eigenvalue weighted by Gasteiger charge is -2.35. The second-order valence-corrected chi connectivity index (χ2v) is 9.76. The van der Waals surface area contributed by atoms with Gasteiger partial charge in [-0.3, -0.25) is 4.79 Å². The Labute approximate surface area is 213 Å². The van der Waals surface area contributed by atoms with Crippen LogP contribution in [0.2, 0.25) is 0 Å². The molecule has 3 aliphatic rings. The number of para-hydroxylation sites is 1. The summed E-state index contributed by atoms with van der Waals surface area (Å²) in [6, 6.07) is 29.2. The molecule has 3 fully saturated rings. The Morgan fingerprint density at radius 1 is 0.811 bits per heavy atom. The lowest BCUT2D eigenvalue weighted by Crippen LogP contribution is -2.55. The van der Waals surface area contributed by atoms with Gasteiger partial charge < -0.3 is 15.1 Å². The first-order valence-electron chi connectivity index (χ1n) is 12.5. The van der Waals surface area contributed by atoms with E-state index in [0.717, 1.165) is 21.9 Å². The lowest BCUT2D eigenvalue weighted by atomic mass is 10.0. The Bertz CT molecular complexity index is 1560. The predicted molar refractivity (Wildman–Crippen MR) is 142 cm³/mol. The second-order valence-electron chi connectivity index (χ2n) is 9.76. The number of fused-ring (bicyclic) bond motifs is 6. The van der Waals surface area contributed by atoms with Gasteiger partial charge in [-0.05, 0) is 29.5 Å². The van der Waals surface area contributed by atoms with Crippen LogP contribution in [0.15, 0.2) is 97.1 Å². The van der Waals surface area contributed by atoms with E-state index in [9.17, 15) is 14.4 Å². The fraction of sp³-hybridized carbons (Fsp3) is 0.167. The topological polar surface area (TPSA) is 73.0 Å². The molecule has 4 aromatic carbocycles. The van der Waals surface area contributed by atoms with Crippen molar-refractivity contribution in [2.45, 2.75) is 24.5 Å². The Balaban J connectivity index is 1.17. The molecule has 7 nitrogen and oxygen atoms in total. The monoisotopic (exact) mass is 488 g/mol. The average Bonchev–Trinajstić information content (AvgIpc) is 3.60. The van der Waals surface area contributed by atoms with Crippen LogP contribution in [0.4, 0.5) is 21.0 Å². The average molecular weight is 489 g/mol. The number of amides is 5. The third kappa shape index (κ3) is 3.24. The number of anilines is 2. The van der Waals surface area contributed by atoms with Crippen LogP contribution in [0, 0.1) is 0 Å². The van der Waals surface area contributed by atoms with Crippen LogP contribution in [0.5, 0.6) is 0 Å². The van der Waals surface area contributed by atoms with Gasteiger partial charge in [0.2, 0.25) is 0 Å². The number of nitrogens with one attached hydrogen (secondary N) is 1. The highest BCUT2D eigenvalue weighted by atomic mass is 16.2. The number of likely N-dealkylation sites (tertiary alicyclic amines) is 1. The van der Waals surface area contributed by atoms with E-state index in [1.807, 2.05) is 97.1 Å². The minimum Gasteiger partial charge on any atom is -0.317 e. The van der Waals surface area contributed by atoms with Crippen molar-refractivity contribution < 1.29 is 14.4 Å². The molecule has 3 aliphatic heterocycles. The van der Waals surface area contributed by atoms with E-state index in [4.69, 9.17) is 0 Å². The quantitative estimate of drug-likeness (QED) is 0.396. The molecule has 3 saturated heterocycles. The predicted octanol–water partition coefficient (Wildman–Crippen LogP) is 5.33. The van der Waals surface area contributed by atoms with Crippen molar-refractivity contribution in [2.75, 3.05) is 16.8 Å². The van der Waals surface area contributed by atoms with Gasteiger partial charge in [-0.1, -0.05) is 84.9 Å². The smallest absolute Gasteiger partial charge is 0.317 e. The maximum absolute atomic E-state index is 13.7. The normalized spacial score (nSPS) is 22.2. The molecule has 7 heteroatoms. The van der Waals surface area contributed by atoms with Crippen LogP contribution in [-0.2, 0) is 4.79 Å². The van der Waals surface area contributed by atoms with Gasteiger partial charge in [-0.25, -0.2) is 14.5 Å². The largest absolute Gasteiger partial charge is 0.332 e. The molecule has 4 aromatic rings. The zero-order valence-electron chi connectivity index (χ0n) is 20.0. The van der Waals surface area contributed by atoms with Gasteiger partial charge in [0.05, 0.1) is 23.5 Å². The van der Waals surface area contributed by atoms with Gasteiger partial charge >= 0.3 is 12.1 Å². The van der Waals surface area contributed by atoms with Crippen molar-refractivity contribution in [1.29, 1.82) is 0 Å². The summed E-state index contributed by atoms with van der Waals surface area (Å²) in [5, 5.41) is 4.89. The summed E-state index contributed by atoms with van der Waals surface area (Å²) >= 11 is 0. The molecule has 182 valence electrons. The van der Waals surface area contributed by atoms with Gasteiger partial charge in [0.15, 0.2) is 0 Å². The fourth-order valence-electron chi connectivity index (χ4n) is 6.16. The van der Waals surface area contributed by atoms with E-state index < -0.39 is 6.04 Å². The van der Waals surface area contributed by atoms with Crippen LogP contribution in [-0.4, -0.2) is 52.4 Å². The van der Waals surface area contributed by atoms with Crippen molar-refractivity contribution in [2.24, 2.45) is 0 Å². The first-order valence-corrected chi connectivity index (χ1v) is 12.5. The number of rotatable bonds is 3. The highest BCUT2D eigenvalue weighted by Crippen LogP contribution is 2.43. The molecule has 1 N–H and O–H groups in total. The summed E-state index contributed by atoms with van der Waals surface area (Å²) in [7, 11) is 0. The SMILES string of the molecule is O=C1[C@@H]2[C@@H]3C[C@@H](CN3C(=O)Nc3ccccc3-c3ccccc3)N2C(=O)N1c1cccc2ccccc12. The lowest BCUT2D eigenvalue weighted by molar-refractivity contribution is -0.120. The Morgan fingerprint density at radius 2 is 1.54 bits per heavy atom. The van der Waals surface area contributed by atoms with E-state index in [1.54, 1.807) is 9.80 Å². The number of piperazine rings is 1. The third-order valence-corrected chi connectivity index (χ3v) is 7.79. The summed E-state index contributed by atoms with van der Waals surface area (Å²) in [5.74, 6) is -0.268. The molecule has 37 heavy (non-hydrogen) atoms. The highest BCUT2D eigenvalue weighted by Gasteiger charge is 2.63. The molecule has 3 atom stereocenters. The highest BCUT2D eigenvalue weighted by molar-refractivity contribution is 6.25. The number of hydrogen-bond donors (Lipinski definition) is 1. The van der Waals surface area contributed by atoms with E-state index >= 15 is 0 Å². The third-order valence-electron chi connectivity index (χ3n) is 7.79. The van der Waals surface area contributed by atoms with Crippen LogP contribution in [0.3, 0.4) is 0 Å². The number of benzene rings is 4. The molecule has 0 spiro atoms. The van der Waals surface area contributed by atoms with Gasteiger partial charge in [-0.15, -0.1) is 0 Å². The number of imide groups is 1. The summed E-state index contributed by atoms with van der Waals surface area (Å²) in [6.45, 7) is 0.406. The molecule has 0 saturated carbocycles. The summed E-state index contributed by atoms with van der Waals surface area (Å²) < 4.78 is 0. The van der Waals surface area contributed by atoms with Gasteiger partial charge in [0.25, 0.3) is 5.91 Å². The minimum atomic E-state index is -0.666. The van der Waals surface area contributed by atoms with Crippen LogP contribution < -0.4 is 10.2 Å². The molecule has 0 radical (unpaired) electrons. The van der Waals surface area contributed by atoms with Crippen molar-refractivity contribution >= 4 is 40.1 Å². The molecule has 0 aromatic heterocycles. The first kappa shape index (κ1) is 21.6. The van der Waals surface area contributed by atoms with Gasteiger partial charge in [0.1, 0.15) is 6.04 Å². The minimum absolute atomic E-state index is 0.179. The van der Waals surface area contributed by atoms with Crippen LogP contribution in [0.1, 0.15) is 6.42 Å². The molecular weight excluding hydrogens is 464 g/mol. The van der Waals surface area contributed by atoms with E-state index in [2.05, 4.69) is 5.32 Å². The Morgan fingerprint density at radius 3 is 2.41 bits per heavy atom. The number of carbonyl (C=O) groups excluding carboxylic acids is 3. The number of carbonyl (C=O) groups is 3. The fourth-order valence-corrected chi connectivity index (χ4v) is 6.16. The maximum Gasteiger partial charge on any atom is 0.332 e. The summed E-state index contributed by atoms with van der Waals surface area (Å²) in [4.78, 5) is 45.4. The van der Waals surface area contributed by atoms with Crippen molar-refractivity contribution in [3.63, 3.8) is 0 Å². The summed E-state index contributed by atoms with van der Waals surface area (Å²) in [5.41, 5.74) is 3.24. The van der Waals surface area contributed by atoms with Crippen molar-refractivity contribution in [3.8, 4) is 11.1 Å². The van der Waals surface area contributed by atoms with Crippen molar-refractivity contribution in [3.05, 3.63) is 97.1 Å². The number of urea groups is 2. The number of nitrogens with zero attached hydrogens (tertiary/aromatic N) is 3. The van der Waals surface area contributed by atoms with E-state index in [0.29, 0.717) is 24.3 Å². The molecular formula is C30H24N4O3. The zero-order chi connectivity index (χ0) is 25.1. The van der Waals surface area contributed by atoms with Crippen LogP contribution in [0.25, 0.3) is 21.9 Å². The zero-order valence-corrected chi connectivity index (χ0v) is 20.0. The maximum atomic E-state index is 13.7. The molecule has 0 aliphatic carbocycles. The van der Waals surface area contributed by atoms with E-state index in [-0.39, 0.29) is 30.1 Å². The second kappa shape index (κ2) is 8.20. The Kier molecular flexibility index (Phi) is 4.79. The van der Waals surface area contributed by atoms with E-state index in [1.165, 1.54) is 4.90 Å². The summed E-state index contributed by atoms with van der Waals surface area (Å²) in [6.07, 6.45) is 0.610. The van der Waals surface area contributed by atoms with Gasteiger partial charge in [0, 0.05) is 17.5 Å². The molecule has 3 heterocycles. The van der Waals surface area contributed by atoms with Crippen molar-refractivity contribution in [1.82, 2.24) is 9.80 Å². The molecule has 5 amide bonds. The van der Waals surface area contributed by atoms with Crippen LogP contribution >= 0.6 is 0 Å². The molecule has 0 unspecified atom stereocenters. The Hall–Kier alpha value is -4.65. The molecule has 2 bridgehead atoms. The standard InChI is InChI=1S/C30H24N4O3/c35-28-27-26-17-21(33(27)30(37)34(28)25-16-8-12-20-11-4-5-14-23(20)25)18-32(26)29(36)31-24-15-7-6-13-22(24)19-9-2-1-3-10-19/h1-16,21,26-27H,17-18H2,(H,31,36)/t21-,26-,27-/m0/s1. The molecule has 7 rings (SSSR count). The first-order chi connectivity index (χ1) is 18.1. The number of hydrogen-bond acceptors (Lipinski definition) is 3.